The summed E-state index contributed by atoms with van der Waals surface area (Å²) in [6.45, 7) is 6.67. The summed E-state index contributed by atoms with van der Waals surface area (Å²) in [5, 5.41) is 37.1. The lowest BCUT2D eigenvalue weighted by Crippen LogP contribution is -2.70. The number of aliphatic hydroxyl groups is 2. The summed E-state index contributed by atoms with van der Waals surface area (Å²) in [5.41, 5.74) is 3.21. The van der Waals surface area contributed by atoms with Crippen LogP contribution in [-0.4, -0.2) is 89.1 Å². The van der Waals surface area contributed by atoms with Crippen LogP contribution in [0.1, 0.15) is 75.3 Å². The highest BCUT2D eigenvalue weighted by Crippen LogP contribution is 2.62. The van der Waals surface area contributed by atoms with Crippen LogP contribution in [0.15, 0.2) is 149 Å². The summed E-state index contributed by atoms with van der Waals surface area (Å²) in [6, 6.07) is 29.9. The van der Waals surface area contributed by atoms with E-state index in [2.05, 4.69) is 35.8 Å². The number of fused-ring (bicyclic) bond motifs is 3. The first kappa shape index (κ1) is 50.8. The van der Waals surface area contributed by atoms with E-state index < -0.39 is 32.7 Å². The Labute approximate surface area is 414 Å². The molecule has 70 heavy (non-hydrogen) atoms. The smallest absolute Gasteiger partial charge is 0.269 e. The number of benzene rings is 4. The first-order valence-corrected chi connectivity index (χ1v) is 26.7. The van der Waals surface area contributed by atoms with Crippen LogP contribution in [0.5, 0.6) is 11.5 Å². The van der Waals surface area contributed by atoms with Crippen LogP contribution in [-0.2, 0) is 26.2 Å². The third-order valence-electron chi connectivity index (χ3n) is 13.5. The van der Waals surface area contributed by atoms with Crippen molar-refractivity contribution in [3.63, 3.8) is 0 Å². The molecule has 2 heterocycles. The van der Waals surface area contributed by atoms with E-state index in [9.17, 15) is 20.3 Å². The van der Waals surface area contributed by atoms with E-state index in [1.807, 2.05) is 49.4 Å². The summed E-state index contributed by atoms with van der Waals surface area (Å²) in [4.78, 5) is 23.0. The quantitative estimate of drug-likeness (QED) is 0.0186. The Morgan fingerprint density at radius 2 is 1.76 bits per heavy atom. The van der Waals surface area contributed by atoms with Crippen LogP contribution in [0.25, 0.3) is 10.9 Å². The van der Waals surface area contributed by atoms with Crippen molar-refractivity contribution in [1.82, 2.24) is 9.29 Å². The van der Waals surface area contributed by atoms with Crippen molar-refractivity contribution >= 4 is 44.1 Å². The molecule has 0 unspecified atom stereocenters. The zero-order valence-electron chi connectivity index (χ0n) is 39.5. The number of sulfonamides is 1. The van der Waals surface area contributed by atoms with Gasteiger partial charge in [-0.3, -0.25) is 15.1 Å². The molecule has 1 saturated carbocycles. The molecule has 14 nitrogen and oxygen atoms in total. The minimum Gasteiger partial charge on any atom is -0.493 e. The first-order valence-electron chi connectivity index (χ1n) is 24.2. The maximum atomic E-state index is 15.7. The minimum absolute atomic E-state index is 0.00338. The van der Waals surface area contributed by atoms with Crippen molar-refractivity contribution in [3.05, 3.63) is 155 Å². The highest BCUT2D eigenvalue weighted by atomic mass is 32.2. The number of thioether (sulfide) groups is 1. The van der Waals surface area contributed by atoms with Gasteiger partial charge in [-0.2, -0.15) is 4.31 Å². The van der Waals surface area contributed by atoms with E-state index in [0.29, 0.717) is 59.5 Å². The molecule has 0 saturated heterocycles. The van der Waals surface area contributed by atoms with Gasteiger partial charge in [-0.25, -0.2) is 8.42 Å². The van der Waals surface area contributed by atoms with Crippen molar-refractivity contribution in [3.8, 4) is 11.5 Å². The summed E-state index contributed by atoms with van der Waals surface area (Å²) in [7, 11) is -4.36. The fourth-order valence-corrected chi connectivity index (χ4v) is 13.2. The molecule has 0 radical (unpaired) electrons. The molecule has 6 atom stereocenters. The fourth-order valence-electron chi connectivity index (χ4n) is 10.5. The molecule has 1 fully saturated rings. The van der Waals surface area contributed by atoms with Gasteiger partial charge in [0.2, 0.25) is 15.8 Å². The monoisotopic (exact) mass is 990 g/mol. The second kappa shape index (κ2) is 23.5. The van der Waals surface area contributed by atoms with Gasteiger partial charge in [0.05, 0.1) is 41.3 Å². The molecule has 16 heteroatoms. The second-order valence-electron chi connectivity index (χ2n) is 17.9. The van der Waals surface area contributed by atoms with Crippen molar-refractivity contribution in [2.24, 2.45) is 22.9 Å². The van der Waals surface area contributed by atoms with Crippen molar-refractivity contribution < 1.29 is 42.6 Å². The van der Waals surface area contributed by atoms with Gasteiger partial charge in [0.15, 0.2) is 0 Å². The third-order valence-corrected chi connectivity index (χ3v) is 16.5. The van der Waals surface area contributed by atoms with Crippen LogP contribution in [0.3, 0.4) is 0 Å². The Hall–Kier alpha value is -5.62. The highest BCUT2D eigenvalue weighted by molar-refractivity contribution is 7.99. The van der Waals surface area contributed by atoms with Gasteiger partial charge in [0, 0.05) is 72.0 Å². The molecule has 5 aromatic rings. The third kappa shape index (κ3) is 11.0. The molecule has 0 spiro atoms. The number of non-ortho nitro benzene ring substituents is 1. The van der Waals surface area contributed by atoms with Gasteiger partial charge >= 0.3 is 0 Å². The molecule has 1 aromatic heterocycles. The molecule has 2 aliphatic carbocycles. The van der Waals surface area contributed by atoms with Gasteiger partial charge in [-0.15, -0.1) is 18.3 Å². The van der Waals surface area contributed by atoms with Crippen LogP contribution in [0.2, 0.25) is 0 Å². The number of para-hydroxylation sites is 1. The Morgan fingerprint density at radius 3 is 2.50 bits per heavy atom. The number of ether oxygens (including phenoxy) is 3. The summed E-state index contributed by atoms with van der Waals surface area (Å²) < 4.78 is 53.8. The Kier molecular flexibility index (Phi) is 17.1. The average molecular weight is 991 g/mol. The van der Waals surface area contributed by atoms with E-state index in [1.165, 1.54) is 16.4 Å². The van der Waals surface area contributed by atoms with Crippen molar-refractivity contribution in [2.45, 2.75) is 92.4 Å². The standard InChI is InChI=1S/C54H62N4O10S2/c1-3-28-57(70(63,64)49-20-12-15-39-16-13-27-55-53(39)49)50-36-47(56-67-37-38-21-23-41(24-22-38)58(61)62)45-34-40(14-8-10-29-59)44(19-9-11-30-60)51-46-35-42(65-32-33-69-43-17-6-5-7-18-43)25-26-48(46)68-54(50,52(45)51)66-31-4-2/h4-7,12-13,15-18,20-27,34-35,40,44,50-52,59-60H,2-3,8-11,14,19,28-33,36-37H2,1H3/t40-,44+,50-,51+,52+,54+/m0/s1. The molecular weight excluding hydrogens is 929 g/mol. The van der Waals surface area contributed by atoms with Gasteiger partial charge in [-0.1, -0.05) is 73.5 Å². The van der Waals surface area contributed by atoms with Gasteiger partial charge in [-0.05, 0) is 110 Å². The Bertz CT molecular complexity index is 2750. The number of oxime groups is 1. The first-order chi connectivity index (χ1) is 34.1. The molecule has 3 aliphatic rings. The summed E-state index contributed by atoms with van der Waals surface area (Å²) >= 11 is 1.71. The van der Waals surface area contributed by atoms with E-state index in [4.69, 9.17) is 24.2 Å². The number of nitro benzene ring substituents is 1. The number of rotatable bonds is 25. The fraction of sp³-hybridized carbons (Fsp3) is 0.407. The topological polar surface area (TPSA) is 183 Å². The lowest BCUT2D eigenvalue weighted by molar-refractivity contribution is -0.384. The predicted octanol–water partition coefficient (Wildman–Crippen LogP) is 10.2. The molecule has 4 aromatic carbocycles. The minimum atomic E-state index is -4.36. The number of allylic oxidation sites excluding steroid dienone is 1. The summed E-state index contributed by atoms with van der Waals surface area (Å²) in [6.07, 6.45) is 10.2. The van der Waals surface area contributed by atoms with E-state index >= 15 is 8.42 Å². The van der Waals surface area contributed by atoms with Crippen LogP contribution in [0.4, 0.5) is 5.69 Å². The number of nitro groups is 1. The maximum Gasteiger partial charge on any atom is 0.269 e. The number of unbranched alkanes of at least 4 members (excludes halogenated alkanes) is 2. The lowest BCUT2D eigenvalue weighted by atomic mass is 9.55. The van der Waals surface area contributed by atoms with E-state index in [1.54, 1.807) is 54.4 Å². The molecule has 1 aliphatic heterocycles. The lowest BCUT2D eigenvalue weighted by Gasteiger charge is -2.59. The SMILES string of the molecule is C=CCO[C@@]12Oc3ccc(OCCSc4ccccc4)cc3[C@H]3[C@H](CCCCO)[C@@H](CCCCO)C=C(C(=NOCc4ccc([N+](=O)[O-])cc4)C[C@@H]1N(CCC)S(=O)(=O)c1cccc4cccnc14)[C@H]32. The van der Waals surface area contributed by atoms with Crippen LogP contribution in [0, 0.1) is 27.9 Å². The largest absolute Gasteiger partial charge is 0.493 e. The highest BCUT2D eigenvalue weighted by Gasteiger charge is 2.66. The normalized spacial score (nSPS) is 22.2. The van der Waals surface area contributed by atoms with E-state index in [-0.39, 0.29) is 67.7 Å². The molecule has 370 valence electrons. The Balaban J connectivity index is 1.31. The van der Waals surface area contributed by atoms with Gasteiger partial charge < -0.3 is 29.3 Å². The van der Waals surface area contributed by atoms with Gasteiger partial charge in [0.25, 0.3) is 5.69 Å². The zero-order chi connectivity index (χ0) is 49.1. The number of hydrogen-bond donors (Lipinski definition) is 2. The number of aromatic nitrogens is 1. The number of aliphatic hydroxyl groups excluding tert-OH is 2. The number of hydrogen-bond acceptors (Lipinski definition) is 13. The summed E-state index contributed by atoms with van der Waals surface area (Å²) in [5.74, 6) is -0.722. The molecule has 0 bridgehead atoms. The maximum absolute atomic E-state index is 15.7. The Morgan fingerprint density at radius 1 is 0.986 bits per heavy atom. The van der Waals surface area contributed by atoms with Crippen LogP contribution >= 0.6 is 11.8 Å². The number of pyridine rings is 1. The average Bonchev–Trinajstić information content (AvgIpc) is 3.37. The number of nitrogens with zero attached hydrogens (tertiary/aromatic N) is 4. The predicted molar refractivity (Wildman–Crippen MR) is 271 cm³/mol. The van der Waals surface area contributed by atoms with E-state index in [0.717, 1.165) is 47.5 Å². The van der Waals surface area contributed by atoms with Gasteiger partial charge in [0.1, 0.15) is 23.0 Å². The van der Waals surface area contributed by atoms with Crippen molar-refractivity contribution in [1.29, 1.82) is 0 Å². The molecule has 0 amide bonds. The van der Waals surface area contributed by atoms with Crippen LogP contribution < -0.4 is 9.47 Å². The zero-order valence-corrected chi connectivity index (χ0v) is 41.1. The molecular formula is C54H62N4O10S2. The molecule has 2 N–H and O–H groups in total. The molecule has 8 rings (SSSR count). The second-order valence-corrected chi connectivity index (χ2v) is 21.0. The van der Waals surface area contributed by atoms with Crippen molar-refractivity contribution in [2.75, 3.05) is 38.7 Å².